The fourth-order valence-electron chi connectivity index (χ4n) is 2.22. The Morgan fingerprint density at radius 1 is 1.15 bits per heavy atom. The van der Waals surface area contributed by atoms with Crippen LogP contribution in [-0.4, -0.2) is 22.0 Å². The number of amides is 2. The van der Waals surface area contributed by atoms with E-state index in [0.717, 1.165) is 4.88 Å². The molecule has 0 saturated carbocycles. The molecule has 0 saturated heterocycles. The number of carbonyl (C=O) groups is 2. The second kappa shape index (κ2) is 8.01. The van der Waals surface area contributed by atoms with Gasteiger partial charge in [0.25, 0.3) is 0 Å². The molecule has 7 nitrogen and oxygen atoms in total. The predicted molar refractivity (Wildman–Crippen MR) is 106 cm³/mol. The number of aromatic nitrogens is 2. The highest BCUT2D eigenvalue weighted by Gasteiger charge is 2.20. The van der Waals surface area contributed by atoms with Crippen LogP contribution >= 0.6 is 22.7 Å². The molecule has 0 radical (unpaired) electrons. The molecule has 0 unspecified atom stereocenters. The number of thiophene rings is 1. The molecule has 0 spiro atoms. The summed E-state index contributed by atoms with van der Waals surface area (Å²) in [6.45, 7) is 6.01. The summed E-state index contributed by atoms with van der Waals surface area (Å²) in [5.41, 5.74) is 0.407. The monoisotopic (exact) mass is 404 g/mol. The van der Waals surface area contributed by atoms with Crippen LogP contribution in [0.25, 0.3) is 0 Å². The number of anilines is 2. The van der Waals surface area contributed by atoms with Crippen molar-refractivity contribution < 1.29 is 14.1 Å². The summed E-state index contributed by atoms with van der Waals surface area (Å²) in [4.78, 5) is 29.5. The summed E-state index contributed by atoms with van der Waals surface area (Å²) >= 11 is 2.83. The van der Waals surface area contributed by atoms with Crippen LogP contribution in [0, 0.1) is 0 Å². The summed E-state index contributed by atoms with van der Waals surface area (Å²) in [6, 6.07) is 5.54. The van der Waals surface area contributed by atoms with Crippen molar-refractivity contribution in [3.05, 3.63) is 45.3 Å². The van der Waals surface area contributed by atoms with E-state index >= 15 is 0 Å². The van der Waals surface area contributed by atoms with Gasteiger partial charge in [-0.1, -0.05) is 32.0 Å². The molecule has 3 aromatic rings. The van der Waals surface area contributed by atoms with Gasteiger partial charge in [-0.05, 0) is 11.4 Å². The Balaban J connectivity index is 1.51. The van der Waals surface area contributed by atoms with Gasteiger partial charge in [-0.25, -0.2) is 4.98 Å². The molecule has 0 aliphatic rings. The quantitative estimate of drug-likeness (QED) is 0.650. The van der Waals surface area contributed by atoms with E-state index in [1.165, 1.54) is 22.7 Å². The zero-order valence-electron chi connectivity index (χ0n) is 15.2. The van der Waals surface area contributed by atoms with Crippen molar-refractivity contribution in [2.24, 2.45) is 0 Å². The summed E-state index contributed by atoms with van der Waals surface area (Å²) in [5, 5.41) is 13.5. The highest BCUT2D eigenvalue weighted by molar-refractivity contribution is 7.14. The molecule has 3 heterocycles. The fourth-order valence-corrected chi connectivity index (χ4v) is 3.65. The lowest BCUT2D eigenvalue weighted by atomic mass is 9.93. The summed E-state index contributed by atoms with van der Waals surface area (Å²) in [6.07, 6.45) is 0.407. The number of nitrogens with zero attached hydrogens (tertiary/aromatic N) is 2. The number of hydrogen-bond acceptors (Lipinski definition) is 7. The molecular weight excluding hydrogens is 384 g/mol. The standard InChI is InChI=1S/C18H20N4O3S2/c1-18(2,3)13-9-14(22-25-13)20-15(23)7-11-10-27-17(19-11)21-16(24)8-12-5-4-6-26-12/h4-6,9-10H,7-8H2,1-3H3,(H,19,21,24)(H,20,22,23). The first-order chi connectivity index (χ1) is 12.8. The Hall–Kier alpha value is -2.52. The van der Waals surface area contributed by atoms with E-state index in [1.54, 1.807) is 11.4 Å². The Morgan fingerprint density at radius 3 is 2.59 bits per heavy atom. The van der Waals surface area contributed by atoms with Gasteiger partial charge < -0.3 is 15.2 Å². The maximum absolute atomic E-state index is 12.2. The van der Waals surface area contributed by atoms with Gasteiger partial charge in [0.05, 0.1) is 18.5 Å². The Morgan fingerprint density at radius 2 is 1.93 bits per heavy atom. The zero-order valence-corrected chi connectivity index (χ0v) is 16.9. The van der Waals surface area contributed by atoms with E-state index in [2.05, 4.69) is 20.8 Å². The molecule has 0 fully saturated rings. The summed E-state index contributed by atoms with van der Waals surface area (Å²) in [7, 11) is 0. The number of hydrogen-bond donors (Lipinski definition) is 2. The normalized spacial score (nSPS) is 11.4. The first kappa shape index (κ1) is 19.2. The van der Waals surface area contributed by atoms with E-state index in [0.29, 0.717) is 28.8 Å². The molecule has 2 amide bonds. The SMILES string of the molecule is CC(C)(C)c1cc(NC(=O)Cc2csc(NC(=O)Cc3cccs3)n2)no1. The van der Waals surface area contributed by atoms with Gasteiger partial charge in [-0.15, -0.1) is 22.7 Å². The van der Waals surface area contributed by atoms with E-state index in [4.69, 9.17) is 4.52 Å². The van der Waals surface area contributed by atoms with Crippen LogP contribution < -0.4 is 10.6 Å². The van der Waals surface area contributed by atoms with Gasteiger partial charge in [0, 0.05) is 21.7 Å². The molecule has 0 atom stereocenters. The minimum absolute atomic E-state index is 0.0923. The van der Waals surface area contributed by atoms with Crippen LogP contribution in [-0.2, 0) is 27.8 Å². The van der Waals surface area contributed by atoms with Crippen LogP contribution in [0.3, 0.4) is 0 Å². The Labute approximate surface area is 164 Å². The van der Waals surface area contributed by atoms with Gasteiger partial charge in [0.1, 0.15) is 5.76 Å². The van der Waals surface area contributed by atoms with Gasteiger partial charge >= 0.3 is 0 Å². The number of thiazole rings is 1. The number of nitrogens with one attached hydrogen (secondary N) is 2. The molecule has 142 valence electrons. The predicted octanol–water partition coefficient (Wildman–Crippen LogP) is 3.85. The highest BCUT2D eigenvalue weighted by atomic mass is 32.1. The second-order valence-electron chi connectivity index (χ2n) is 7.00. The van der Waals surface area contributed by atoms with E-state index in [1.807, 2.05) is 38.3 Å². The fraction of sp³-hybridized carbons (Fsp3) is 0.333. The van der Waals surface area contributed by atoms with Crippen molar-refractivity contribution >= 4 is 45.4 Å². The van der Waals surface area contributed by atoms with E-state index in [-0.39, 0.29) is 23.7 Å². The minimum Gasteiger partial charge on any atom is -0.359 e. The maximum Gasteiger partial charge on any atom is 0.231 e. The van der Waals surface area contributed by atoms with Crippen molar-refractivity contribution in [3.63, 3.8) is 0 Å². The topological polar surface area (TPSA) is 97.1 Å². The second-order valence-corrected chi connectivity index (χ2v) is 8.89. The molecule has 0 aliphatic carbocycles. The lowest BCUT2D eigenvalue weighted by molar-refractivity contribution is -0.116. The summed E-state index contributed by atoms with van der Waals surface area (Å²) < 4.78 is 5.25. The third-order valence-corrected chi connectivity index (χ3v) is 5.25. The van der Waals surface area contributed by atoms with E-state index in [9.17, 15) is 9.59 Å². The van der Waals surface area contributed by atoms with Crippen molar-refractivity contribution in [1.29, 1.82) is 0 Å². The van der Waals surface area contributed by atoms with Crippen LogP contribution in [0.5, 0.6) is 0 Å². The average molecular weight is 405 g/mol. The first-order valence-electron chi connectivity index (χ1n) is 8.33. The lowest BCUT2D eigenvalue weighted by Gasteiger charge is -2.11. The molecule has 9 heteroatoms. The molecule has 0 bridgehead atoms. The third kappa shape index (κ3) is 5.48. The lowest BCUT2D eigenvalue weighted by Crippen LogP contribution is -2.16. The van der Waals surface area contributed by atoms with Gasteiger partial charge in [0.2, 0.25) is 11.8 Å². The van der Waals surface area contributed by atoms with Gasteiger partial charge in [0.15, 0.2) is 10.9 Å². The van der Waals surface area contributed by atoms with Gasteiger partial charge in [-0.2, -0.15) is 0 Å². The molecule has 3 rings (SSSR count). The molecule has 27 heavy (non-hydrogen) atoms. The molecule has 2 N–H and O–H groups in total. The molecule has 0 aliphatic heterocycles. The van der Waals surface area contributed by atoms with Crippen molar-refractivity contribution in [1.82, 2.24) is 10.1 Å². The van der Waals surface area contributed by atoms with Crippen LogP contribution in [0.4, 0.5) is 10.9 Å². The smallest absolute Gasteiger partial charge is 0.231 e. The molecule has 0 aromatic carbocycles. The van der Waals surface area contributed by atoms with Crippen molar-refractivity contribution in [3.8, 4) is 0 Å². The van der Waals surface area contributed by atoms with Crippen LogP contribution in [0.2, 0.25) is 0 Å². The largest absolute Gasteiger partial charge is 0.359 e. The third-order valence-electron chi connectivity index (χ3n) is 3.57. The number of rotatable bonds is 6. The van der Waals surface area contributed by atoms with Crippen molar-refractivity contribution in [2.75, 3.05) is 10.6 Å². The number of carbonyl (C=O) groups excluding carboxylic acids is 2. The summed E-state index contributed by atoms with van der Waals surface area (Å²) in [5.74, 6) is 0.706. The van der Waals surface area contributed by atoms with Crippen LogP contribution in [0.15, 0.2) is 33.5 Å². The minimum atomic E-state index is -0.245. The maximum atomic E-state index is 12.2. The molecular formula is C18H20N4O3S2. The van der Waals surface area contributed by atoms with Crippen molar-refractivity contribution in [2.45, 2.75) is 39.0 Å². The Kier molecular flexibility index (Phi) is 5.71. The Bertz CT molecular complexity index is 923. The zero-order chi connectivity index (χ0) is 19.4. The average Bonchev–Trinajstić information content (AvgIpc) is 3.29. The van der Waals surface area contributed by atoms with E-state index < -0.39 is 0 Å². The first-order valence-corrected chi connectivity index (χ1v) is 10.1. The highest BCUT2D eigenvalue weighted by Crippen LogP contribution is 2.24. The molecule has 3 aromatic heterocycles. The van der Waals surface area contributed by atoms with Crippen LogP contribution in [0.1, 0.15) is 37.1 Å². The van der Waals surface area contributed by atoms with Gasteiger partial charge in [-0.3, -0.25) is 9.59 Å².